The summed E-state index contributed by atoms with van der Waals surface area (Å²) >= 11 is 0. The van der Waals surface area contributed by atoms with E-state index in [0.29, 0.717) is 37.1 Å². The smallest absolute Gasteiger partial charge is 0.344 e. The Kier molecular flexibility index (Phi) is 12.5. The number of unbranched alkanes of at least 4 members (excludes halogenated alkanes) is 2. The summed E-state index contributed by atoms with van der Waals surface area (Å²) in [6.07, 6.45) is 4.37. The van der Waals surface area contributed by atoms with Crippen LogP contribution in [0.1, 0.15) is 68.0 Å². The van der Waals surface area contributed by atoms with Crippen molar-refractivity contribution >= 4 is 5.97 Å². The Labute approximate surface area is 280 Å². The van der Waals surface area contributed by atoms with Gasteiger partial charge >= 0.3 is 5.97 Å². The topological polar surface area (TPSA) is 108 Å². The Bertz CT molecular complexity index is 1700. The number of carbonyl (C=O) groups excluding carboxylic acids is 1. The van der Waals surface area contributed by atoms with E-state index in [1.807, 2.05) is 60.7 Å². The molecule has 0 saturated carbocycles. The first-order chi connectivity index (χ1) is 23.5. The van der Waals surface area contributed by atoms with Gasteiger partial charge in [0.25, 0.3) is 0 Å². The number of nitrogens with zero attached hydrogens (tertiary/aromatic N) is 3. The summed E-state index contributed by atoms with van der Waals surface area (Å²) in [6, 6.07) is 28.1. The Morgan fingerprint density at radius 2 is 1.65 bits per heavy atom. The van der Waals surface area contributed by atoms with Gasteiger partial charge in [-0.05, 0) is 89.2 Å². The summed E-state index contributed by atoms with van der Waals surface area (Å²) in [5.41, 5.74) is 4.96. The van der Waals surface area contributed by atoms with Crippen LogP contribution in [0.25, 0.3) is 11.1 Å². The third-order valence-corrected chi connectivity index (χ3v) is 7.97. The lowest BCUT2D eigenvalue weighted by molar-refractivity contribution is -0.145. The van der Waals surface area contributed by atoms with Crippen molar-refractivity contribution in [2.45, 2.75) is 58.5 Å². The van der Waals surface area contributed by atoms with Crippen molar-refractivity contribution in [3.8, 4) is 28.4 Å². The number of nitrogens with one attached hydrogen (secondary N) is 1. The van der Waals surface area contributed by atoms with Crippen LogP contribution >= 0.6 is 0 Å². The number of hydrogen-bond acceptors (Lipinski definition) is 8. The molecule has 0 aliphatic carbocycles. The number of carbonyl (C=O) groups is 1. The molecule has 1 heterocycles. The maximum atomic E-state index is 13.7. The van der Waals surface area contributed by atoms with Gasteiger partial charge in [-0.15, -0.1) is 5.10 Å². The van der Waals surface area contributed by atoms with E-state index in [4.69, 9.17) is 18.9 Å². The minimum Gasteiger partial charge on any atom is -0.493 e. The molecule has 0 radical (unpaired) electrons. The van der Waals surface area contributed by atoms with E-state index >= 15 is 0 Å². The van der Waals surface area contributed by atoms with Gasteiger partial charge in [0.2, 0.25) is 0 Å². The lowest BCUT2D eigenvalue weighted by atomic mass is 9.92. The Morgan fingerprint density at radius 1 is 0.854 bits per heavy atom. The van der Waals surface area contributed by atoms with E-state index in [0.717, 1.165) is 65.7 Å². The molecule has 0 aliphatic heterocycles. The highest BCUT2D eigenvalue weighted by Gasteiger charge is 2.19. The van der Waals surface area contributed by atoms with E-state index in [1.165, 1.54) is 12.1 Å². The first-order valence-corrected chi connectivity index (χ1v) is 16.4. The zero-order valence-electron chi connectivity index (χ0n) is 27.4. The van der Waals surface area contributed by atoms with Crippen molar-refractivity contribution in [1.82, 2.24) is 20.6 Å². The molecule has 9 nitrogen and oxygen atoms in total. The summed E-state index contributed by atoms with van der Waals surface area (Å²) in [5.74, 6) is 2.07. The van der Waals surface area contributed by atoms with E-state index in [1.54, 1.807) is 19.1 Å². The summed E-state index contributed by atoms with van der Waals surface area (Å²) in [7, 11) is 0. The molecule has 0 amide bonds. The van der Waals surface area contributed by atoms with E-state index in [2.05, 4.69) is 33.6 Å². The zero-order chi connectivity index (χ0) is 33.6. The largest absolute Gasteiger partial charge is 0.493 e. The molecule has 1 N–H and O–H groups in total. The van der Waals surface area contributed by atoms with Gasteiger partial charge in [-0.1, -0.05) is 74.4 Å². The standard InChI is InChI=1S/C38H41FN4O5/c1-3-28-23-34(30-14-18-31(39)19-15-30)36(48-25-27-11-7-5-8-12-27)24-35(28)46-22-10-6-9-13-33(38-40-42-43-41-38)29-16-20-32(21-17-29)47-26-37(44)45-4-2/h5,7-8,11-12,14-21,23-24,33H,3-4,6,9-10,13,22,25-26H2,1-2H3,(H,40,41,42,43). The quantitative estimate of drug-likeness (QED) is 0.0753. The number of H-pyrrole nitrogens is 1. The molecular weight excluding hydrogens is 611 g/mol. The third kappa shape index (κ3) is 9.63. The van der Waals surface area contributed by atoms with Crippen molar-refractivity contribution in [3.63, 3.8) is 0 Å². The predicted octanol–water partition coefficient (Wildman–Crippen LogP) is 7.86. The van der Waals surface area contributed by atoms with Crippen LogP contribution in [0.5, 0.6) is 17.2 Å². The summed E-state index contributed by atoms with van der Waals surface area (Å²) < 4.78 is 36.8. The number of aromatic amines is 1. The molecule has 1 atom stereocenters. The minimum atomic E-state index is -0.402. The normalized spacial score (nSPS) is 11.6. The van der Waals surface area contributed by atoms with Crippen LogP contribution in [-0.2, 0) is 22.6 Å². The molecule has 1 aromatic heterocycles. The van der Waals surface area contributed by atoms with Gasteiger partial charge in [-0.3, -0.25) is 0 Å². The highest BCUT2D eigenvalue weighted by Crippen LogP contribution is 2.37. The second kappa shape index (κ2) is 17.6. The van der Waals surface area contributed by atoms with Crippen LogP contribution in [-0.4, -0.2) is 46.4 Å². The van der Waals surface area contributed by atoms with Crippen molar-refractivity contribution in [3.05, 3.63) is 119 Å². The van der Waals surface area contributed by atoms with Gasteiger partial charge in [-0.2, -0.15) is 0 Å². The average Bonchev–Trinajstić information content (AvgIpc) is 3.66. The third-order valence-electron chi connectivity index (χ3n) is 7.97. The van der Waals surface area contributed by atoms with Crippen LogP contribution < -0.4 is 14.2 Å². The van der Waals surface area contributed by atoms with Crippen LogP contribution in [0.15, 0.2) is 91.0 Å². The minimum absolute atomic E-state index is 0.0185. The number of aryl methyl sites for hydroxylation is 1. The van der Waals surface area contributed by atoms with Gasteiger partial charge in [-0.25, -0.2) is 14.3 Å². The molecular formula is C38H41FN4O5. The van der Waals surface area contributed by atoms with Crippen molar-refractivity contribution in [1.29, 1.82) is 0 Å². The predicted molar refractivity (Wildman–Crippen MR) is 181 cm³/mol. The highest BCUT2D eigenvalue weighted by atomic mass is 19.1. The molecule has 0 spiro atoms. The zero-order valence-corrected chi connectivity index (χ0v) is 27.4. The van der Waals surface area contributed by atoms with Crippen LogP contribution in [0.4, 0.5) is 4.39 Å². The van der Waals surface area contributed by atoms with Crippen LogP contribution in [0, 0.1) is 5.82 Å². The Morgan fingerprint density at radius 3 is 2.35 bits per heavy atom. The maximum absolute atomic E-state index is 13.7. The molecule has 0 bridgehead atoms. The molecule has 0 saturated heterocycles. The molecule has 10 heteroatoms. The fraction of sp³-hybridized carbons (Fsp3) is 0.316. The lowest BCUT2D eigenvalue weighted by Gasteiger charge is -2.18. The van der Waals surface area contributed by atoms with Crippen LogP contribution in [0.3, 0.4) is 0 Å². The van der Waals surface area contributed by atoms with Gasteiger partial charge in [0.05, 0.1) is 13.2 Å². The molecule has 0 aliphatic rings. The lowest BCUT2D eigenvalue weighted by Crippen LogP contribution is -2.14. The monoisotopic (exact) mass is 652 g/mol. The first kappa shape index (κ1) is 34.1. The van der Waals surface area contributed by atoms with Gasteiger partial charge in [0.1, 0.15) is 29.7 Å². The Hall–Kier alpha value is -5.25. The molecule has 250 valence electrons. The van der Waals surface area contributed by atoms with Crippen molar-refractivity contribution in [2.24, 2.45) is 0 Å². The first-order valence-electron chi connectivity index (χ1n) is 16.4. The number of benzene rings is 4. The van der Waals surface area contributed by atoms with Gasteiger partial charge in [0, 0.05) is 17.5 Å². The molecule has 5 aromatic rings. The van der Waals surface area contributed by atoms with Crippen molar-refractivity contribution < 1.29 is 28.1 Å². The van der Waals surface area contributed by atoms with Gasteiger partial charge in [0.15, 0.2) is 12.4 Å². The number of ether oxygens (including phenoxy) is 4. The molecule has 1 unspecified atom stereocenters. The number of hydrogen-bond donors (Lipinski definition) is 1. The van der Waals surface area contributed by atoms with Crippen LogP contribution in [0.2, 0.25) is 0 Å². The highest BCUT2D eigenvalue weighted by molar-refractivity contribution is 5.73. The van der Waals surface area contributed by atoms with E-state index in [9.17, 15) is 9.18 Å². The number of aromatic nitrogens is 4. The van der Waals surface area contributed by atoms with E-state index < -0.39 is 5.97 Å². The second-order valence-electron chi connectivity index (χ2n) is 11.3. The number of rotatable bonds is 18. The molecule has 48 heavy (non-hydrogen) atoms. The molecule has 4 aromatic carbocycles. The fourth-order valence-corrected chi connectivity index (χ4v) is 5.45. The summed E-state index contributed by atoms with van der Waals surface area (Å²) in [5, 5.41) is 14.7. The maximum Gasteiger partial charge on any atom is 0.344 e. The van der Waals surface area contributed by atoms with E-state index in [-0.39, 0.29) is 18.3 Å². The Balaban J connectivity index is 1.19. The van der Waals surface area contributed by atoms with Crippen molar-refractivity contribution in [2.75, 3.05) is 19.8 Å². The fourth-order valence-electron chi connectivity index (χ4n) is 5.45. The summed E-state index contributed by atoms with van der Waals surface area (Å²) in [6.45, 7) is 5.00. The molecule has 0 fully saturated rings. The summed E-state index contributed by atoms with van der Waals surface area (Å²) in [4.78, 5) is 11.6. The number of esters is 1. The van der Waals surface area contributed by atoms with Gasteiger partial charge < -0.3 is 18.9 Å². The average molecular weight is 653 g/mol. The SMILES string of the molecule is CCOC(=O)COc1ccc(C(CCCCCOc2cc(OCc3ccccc3)c(-c3ccc(F)cc3)cc2CC)c2nnn[nH]2)cc1. The number of tetrazole rings is 1. The second-order valence-corrected chi connectivity index (χ2v) is 11.3. The number of halogens is 1. The molecule has 5 rings (SSSR count).